The van der Waals surface area contributed by atoms with Gasteiger partial charge in [-0.3, -0.25) is 0 Å². The Kier molecular flexibility index (Phi) is 5.69. The first-order chi connectivity index (χ1) is 11.8. The lowest BCUT2D eigenvalue weighted by Gasteiger charge is -2.16. The Labute approximate surface area is 147 Å². The van der Waals surface area contributed by atoms with Gasteiger partial charge in [0.2, 0.25) is 0 Å². The van der Waals surface area contributed by atoms with E-state index in [1.54, 1.807) is 0 Å². The summed E-state index contributed by atoms with van der Waals surface area (Å²) in [6.45, 7) is 3.47. The summed E-state index contributed by atoms with van der Waals surface area (Å²) in [7, 11) is 1.18. The monoisotopic (exact) mass is 370 g/mol. The molecule has 0 saturated carbocycles. The zero-order chi connectivity index (χ0) is 18.6. The van der Waals surface area contributed by atoms with Gasteiger partial charge in [0.15, 0.2) is 5.69 Å². The predicted octanol–water partition coefficient (Wildman–Crippen LogP) is 4.80. The minimum Gasteiger partial charge on any atom is -0.464 e. The van der Waals surface area contributed by atoms with E-state index < -0.39 is 17.7 Å². The highest BCUT2D eigenvalue weighted by atomic mass is 35.5. The molecule has 0 amide bonds. The quantitative estimate of drug-likeness (QED) is 0.607. The molecule has 0 aliphatic rings. The van der Waals surface area contributed by atoms with Crippen LogP contribution >= 0.6 is 11.6 Å². The molecule has 2 aromatic rings. The summed E-state index contributed by atoms with van der Waals surface area (Å²) in [6, 6.07) is 6.61. The molecule has 1 aromatic heterocycles. The molecular formula is C17H14ClF3N2O2. The van der Waals surface area contributed by atoms with Crippen molar-refractivity contribution in [1.29, 1.82) is 0 Å². The molecule has 0 radical (unpaired) electrons. The average Bonchev–Trinajstić information content (AvgIpc) is 2.58. The number of hydrogen-bond donors (Lipinski definition) is 1. The van der Waals surface area contributed by atoms with E-state index in [0.29, 0.717) is 11.3 Å². The second kappa shape index (κ2) is 7.57. The Balaban J connectivity index is 2.38. The van der Waals surface area contributed by atoms with E-state index in [0.717, 1.165) is 6.07 Å². The van der Waals surface area contributed by atoms with Crippen LogP contribution in [0.2, 0.25) is 5.15 Å². The number of nitrogens with one attached hydrogen (secondary N) is 1. The van der Waals surface area contributed by atoms with Crippen molar-refractivity contribution in [2.24, 2.45) is 0 Å². The summed E-state index contributed by atoms with van der Waals surface area (Å²) >= 11 is 5.89. The Morgan fingerprint density at radius 2 is 2.08 bits per heavy atom. The van der Waals surface area contributed by atoms with Gasteiger partial charge in [0.05, 0.1) is 12.7 Å². The summed E-state index contributed by atoms with van der Waals surface area (Å²) in [5.74, 6) is -0.726. The maximum Gasteiger partial charge on any atom is 0.416 e. The normalized spacial score (nSPS) is 11.1. The topological polar surface area (TPSA) is 51.2 Å². The fraction of sp³-hybridized carbons (Fsp3) is 0.176. The maximum atomic E-state index is 13.1. The lowest BCUT2D eigenvalue weighted by Crippen LogP contribution is -2.13. The van der Waals surface area contributed by atoms with Crippen LogP contribution in [-0.2, 0) is 17.5 Å². The number of benzene rings is 1. The Bertz CT molecular complexity index is 807. The molecule has 0 spiro atoms. The molecule has 4 nitrogen and oxygen atoms in total. The number of pyridine rings is 1. The van der Waals surface area contributed by atoms with E-state index in [1.807, 2.05) is 0 Å². The first-order valence-corrected chi connectivity index (χ1v) is 7.46. The van der Waals surface area contributed by atoms with Crippen LogP contribution in [0, 0.1) is 0 Å². The highest BCUT2D eigenvalue weighted by Gasteiger charge is 2.32. The van der Waals surface area contributed by atoms with Gasteiger partial charge >= 0.3 is 12.1 Å². The van der Waals surface area contributed by atoms with E-state index in [-0.39, 0.29) is 23.0 Å². The van der Waals surface area contributed by atoms with E-state index >= 15 is 0 Å². The average molecular weight is 371 g/mol. The van der Waals surface area contributed by atoms with E-state index in [9.17, 15) is 18.0 Å². The molecule has 132 valence electrons. The summed E-state index contributed by atoms with van der Waals surface area (Å²) in [6.07, 6.45) is -3.11. The zero-order valence-electron chi connectivity index (χ0n) is 13.2. The SMILES string of the molecule is C=Cc1c(NCc2ccccc2C(F)(F)F)cc(Cl)nc1C(=O)OC. The number of ether oxygens (including phenoxy) is 1. The number of aromatic nitrogens is 1. The van der Waals surface area contributed by atoms with Crippen LogP contribution in [0.15, 0.2) is 36.9 Å². The molecule has 0 bridgehead atoms. The lowest BCUT2D eigenvalue weighted by molar-refractivity contribution is -0.138. The van der Waals surface area contributed by atoms with Gasteiger partial charge in [0.25, 0.3) is 0 Å². The zero-order valence-corrected chi connectivity index (χ0v) is 13.9. The molecule has 1 heterocycles. The summed E-state index contributed by atoms with van der Waals surface area (Å²) < 4.78 is 43.8. The van der Waals surface area contributed by atoms with Crippen molar-refractivity contribution >= 4 is 29.3 Å². The van der Waals surface area contributed by atoms with Gasteiger partial charge in [0, 0.05) is 17.8 Å². The van der Waals surface area contributed by atoms with Gasteiger partial charge in [-0.25, -0.2) is 9.78 Å². The molecule has 0 saturated heterocycles. The molecule has 2 rings (SSSR count). The van der Waals surface area contributed by atoms with Crippen LogP contribution in [0.5, 0.6) is 0 Å². The standard InChI is InChI=1S/C17H14ClF3N2O2/c1-3-11-13(8-14(18)23-15(11)16(24)25-2)22-9-10-6-4-5-7-12(10)17(19,20)21/h3-8H,1,9H2,2H3,(H,22,23). The Hall–Kier alpha value is -2.54. The van der Waals surface area contributed by atoms with Crippen molar-refractivity contribution in [3.8, 4) is 0 Å². The molecule has 0 unspecified atom stereocenters. The fourth-order valence-electron chi connectivity index (χ4n) is 2.27. The van der Waals surface area contributed by atoms with Gasteiger partial charge in [0.1, 0.15) is 5.15 Å². The third kappa shape index (κ3) is 4.30. The molecule has 0 fully saturated rings. The van der Waals surface area contributed by atoms with E-state index in [4.69, 9.17) is 11.6 Å². The highest BCUT2D eigenvalue weighted by molar-refractivity contribution is 6.30. The number of halogens is 4. The van der Waals surface area contributed by atoms with E-state index in [1.165, 1.54) is 37.5 Å². The van der Waals surface area contributed by atoms with Crippen molar-refractivity contribution in [3.05, 3.63) is 64.4 Å². The van der Waals surface area contributed by atoms with Crippen molar-refractivity contribution in [1.82, 2.24) is 4.98 Å². The summed E-state index contributed by atoms with van der Waals surface area (Å²) in [4.78, 5) is 15.7. The molecule has 1 aromatic carbocycles. The van der Waals surface area contributed by atoms with Crippen molar-refractivity contribution < 1.29 is 22.7 Å². The van der Waals surface area contributed by atoms with Gasteiger partial charge in [-0.2, -0.15) is 13.2 Å². The number of carbonyl (C=O) groups excluding carboxylic acids is 1. The minimum absolute atomic E-state index is 0.00222. The molecule has 0 aliphatic carbocycles. The number of methoxy groups -OCH3 is 1. The van der Waals surface area contributed by atoms with Crippen LogP contribution in [-0.4, -0.2) is 18.1 Å². The minimum atomic E-state index is -4.47. The Morgan fingerprint density at radius 3 is 2.68 bits per heavy atom. The molecule has 0 atom stereocenters. The first-order valence-electron chi connectivity index (χ1n) is 7.08. The number of hydrogen-bond acceptors (Lipinski definition) is 4. The van der Waals surface area contributed by atoms with Gasteiger partial charge in [-0.05, 0) is 17.7 Å². The number of esters is 1. The van der Waals surface area contributed by atoms with Crippen LogP contribution in [0.4, 0.5) is 18.9 Å². The molecule has 8 heteroatoms. The van der Waals surface area contributed by atoms with Gasteiger partial charge < -0.3 is 10.1 Å². The predicted molar refractivity (Wildman–Crippen MR) is 89.4 cm³/mol. The summed E-state index contributed by atoms with van der Waals surface area (Å²) in [5, 5.41) is 2.85. The van der Waals surface area contributed by atoms with Crippen LogP contribution in [0.1, 0.15) is 27.2 Å². The lowest BCUT2D eigenvalue weighted by atomic mass is 10.1. The smallest absolute Gasteiger partial charge is 0.416 e. The third-order valence-corrected chi connectivity index (χ3v) is 3.60. The second-order valence-corrected chi connectivity index (χ2v) is 5.35. The van der Waals surface area contributed by atoms with Crippen molar-refractivity contribution in [2.45, 2.75) is 12.7 Å². The van der Waals surface area contributed by atoms with Crippen molar-refractivity contribution in [2.75, 3.05) is 12.4 Å². The second-order valence-electron chi connectivity index (χ2n) is 4.96. The fourth-order valence-corrected chi connectivity index (χ4v) is 2.46. The van der Waals surface area contributed by atoms with Gasteiger partial charge in [-0.15, -0.1) is 0 Å². The third-order valence-electron chi connectivity index (χ3n) is 3.40. The molecule has 1 N–H and O–H groups in total. The number of alkyl halides is 3. The highest BCUT2D eigenvalue weighted by Crippen LogP contribution is 2.32. The van der Waals surface area contributed by atoms with Gasteiger partial charge in [-0.1, -0.05) is 42.5 Å². The molecule has 0 aliphatic heterocycles. The molecular weight excluding hydrogens is 357 g/mol. The van der Waals surface area contributed by atoms with Crippen LogP contribution in [0.25, 0.3) is 6.08 Å². The number of rotatable bonds is 5. The largest absolute Gasteiger partial charge is 0.464 e. The Morgan fingerprint density at radius 1 is 1.40 bits per heavy atom. The first kappa shape index (κ1) is 18.8. The van der Waals surface area contributed by atoms with E-state index in [2.05, 4.69) is 21.6 Å². The number of carbonyl (C=O) groups is 1. The summed E-state index contributed by atoms with van der Waals surface area (Å²) in [5.41, 5.74) is -0.140. The molecule has 25 heavy (non-hydrogen) atoms. The van der Waals surface area contributed by atoms with Crippen LogP contribution < -0.4 is 5.32 Å². The number of nitrogens with zero attached hydrogens (tertiary/aromatic N) is 1. The maximum absolute atomic E-state index is 13.1. The van der Waals surface area contributed by atoms with Crippen molar-refractivity contribution in [3.63, 3.8) is 0 Å². The number of anilines is 1. The van der Waals surface area contributed by atoms with Crippen LogP contribution in [0.3, 0.4) is 0 Å².